The van der Waals surface area contributed by atoms with Gasteiger partial charge in [-0.3, -0.25) is 9.59 Å². The Morgan fingerprint density at radius 1 is 1.37 bits per heavy atom. The van der Waals surface area contributed by atoms with Crippen LogP contribution in [0.1, 0.15) is 35.7 Å². The zero-order valence-electron chi connectivity index (χ0n) is 10.9. The fourth-order valence-electron chi connectivity index (χ4n) is 2.37. The number of carboxylic acids is 1. The van der Waals surface area contributed by atoms with Gasteiger partial charge in [0.2, 0.25) is 0 Å². The topological polar surface area (TPSA) is 57.6 Å². The van der Waals surface area contributed by atoms with E-state index >= 15 is 0 Å². The highest BCUT2D eigenvalue weighted by Crippen LogP contribution is 2.32. The molecule has 1 aromatic carbocycles. The summed E-state index contributed by atoms with van der Waals surface area (Å²) in [5.41, 5.74) is 2.17. The largest absolute Gasteiger partial charge is 0.481 e. The van der Waals surface area contributed by atoms with Crippen molar-refractivity contribution in [2.24, 2.45) is 5.92 Å². The van der Waals surface area contributed by atoms with E-state index in [2.05, 4.69) is 6.58 Å². The lowest BCUT2D eigenvalue weighted by molar-refractivity contribution is -0.138. The summed E-state index contributed by atoms with van der Waals surface area (Å²) in [6.45, 7) is 6.30. The van der Waals surface area contributed by atoms with Gasteiger partial charge in [-0.15, -0.1) is 0 Å². The molecule has 0 aromatic heterocycles. The number of amides is 1. The molecular formula is C15H17NO3. The summed E-state index contributed by atoms with van der Waals surface area (Å²) in [5.74, 6) is -0.960. The molecule has 100 valence electrons. The van der Waals surface area contributed by atoms with Gasteiger partial charge in [-0.25, -0.2) is 0 Å². The van der Waals surface area contributed by atoms with Gasteiger partial charge < -0.3 is 10.0 Å². The van der Waals surface area contributed by atoms with Crippen LogP contribution < -0.4 is 0 Å². The van der Waals surface area contributed by atoms with Crippen LogP contribution in [0.15, 0.2) is 30.8 Å². The molecule has 0 radical (unpaired) electrons. The second kappa shape index (κ2) is 5.26. The van der Waals surface area contributed by atoms with Crippen molar-refractivity contribution in [3.63, 3.8) is 0 Å². The lowest BCUT2D eigenvalue weighted by Gasteiger charge is -2.22. The van der Waals surface area contributed by atoms with E-state index in [-0.39, 0.29) is 18.2 Å². The average molecular weight is 259 g/mol. The molecule has 2 rings (SSSR count). The van der Waals surface area contributed by atoms with Crippen molar-refractivity contribution in [1.29, 1.82) is 0 Å². The normalized spacial score (nSPS) is 15.5. The van der Waals surface area contributed by atoms with E-state index in [1.54, 1.807) is 11.0 Å². The molecule has 1 atom stereocenters. The number of aliphatic carboxylic acids is 1. The number of nitrogens with zero attached hydrogens (tertiary/aromatic N) is 1. The van der Waals surface area contributed by atoms with Crippen molar-refractivity contribution in [3.8, 4) is 0 Å². The summed E-state index contributed by atoms with van der Waals surface area (Å²) < 4.78 is 0. The number of carbonyl (C=O) groups excluding carboxylic acids is 1. The monoisotopic (exact) mass is 259 g/mol. The molecule has 4 nitrogen and oxygen atoms in total. The maximum absolute atomic E-state index is 12.3. The van der Waals surface area contributed by atoms with Crippen molar-refractivity contribution < 1.29 is 14.7 Å². The van der Waals surface area contributed by atoms with Crippen molar-refractivity contribution in [2.45, 2.75) is 19.8 Å². The molecule has 0 bridgehead atoms. The molecule has 0 saturated heterocycles. The minimum Gasteiger partial charge on any atom is -0.481 e. The Morgan fingerprint density at radius 2 is 2.00 bits per heavy atom. The van der Waals surface area contributed by atoms with Crippen LogP contribution in [0.2, 0.25) is 0 Å². The molecule has 19 heavy (non-hydrogen) atoms. The van der Waals surface area contributed by atoms with Crippen LogP contribution in [-0.2, 0) is 4.79 Å². The van der Waals surface area contributed by atoms with Gasteiger partial charge in [-0.1, -0.05) is 38.1 Å². The Bertz CT molecular complexity index is 501. The second-order valence-corrected chi connectivity index (χ2v) is 4.78. The predicted octanol–water partition coefficient (Wildman–Crippen LogP) is 2.61. The third kappa shape index (κ3) is 2.52. The molecule has 1 aliphatic heterocycles. The average Bonchev–Trinajstić information content (AvgIpc) is 2.63. The van der Waals surface area contributed by atoms with E-state index in [0.29, 0.717) is 17.8 Å². The zero-order chi connectivity index (χ0) is 14.0. The van der Waals surface area contributed by atoms with Gasteiger partial charge in [0.15, 0.2) is 0 Å². The van der Waals surface area contributed by atoms with Crippen LogP contribution in [-0.4, -0.2) is 28.4 Å². The maximum Gasteiger partial charge on any atom is 0.303 e. The van der Waals surface area contributed by atoms with Gasteiger partial charge in [0.25, 0.3) is 5.91 Å². The van der Waals surface area contributed by atoms with Crippen molar-refractivity contribution >= 4 is 17.6 Å². The molecule has 0 saturated carbocycles. The van der Waals surface area contributed by atoms with Gasteiger partial charge >= 0.3 is 5.97 Å². The summed E-state index contributed by atoms with van der Waals surface area (Å²) >= 11 is 0. The van der Waals surface area contributed by atoms with Crippen LogP contribution >= 0.6 is 0 Å². The summed E-state index contributed by atoms with van der Waals surface area (Å²) in [6, 6.07) is 7.34. The van der Waals surface area contributed by atoms with Crippen LogP contribution in [0.4, 0.5) is 0 Å². The fourth-order valence-corrected chi connectivity index (χ4v) is 2.37. The van der Waals surface area contributed by atoms with E-state index in [4.69, 9.17) is 5.11 Å². The Labute approximate surface area is 112 Å². The van der Waals surface area contributed by atoms with Gasteiger partial charge in [0, 0.05) is 29.8 Å². The second-order valence-electron chi connectivity index (χ2n) is 4.78. The molecule has 1 aromatic rings. The van der Waals surface area contributed by atoms with Gasteiger partial charge in [-0.05, 0) is 12.0 Å². The van der Waals surface area contributed by atoms with Crippen molar-refractivity contribution in [3.05, 3.63) is 42.0 Å². The Balaban J connectivity index is 2.17. The number of hydrogen-bond acceptors (Lipinski definition) is 2. The first-order chi connectivity index (χ1) is 9.04. The highest BCUT2D eigenvalue weighted by atomic mass is 16.4. The number of hydrogen-bond donors (Lipinski definition) is 1. The smallest absolute Gasteiger partial charge is 0.303 e. The highest BCUT2D eigenvalue weighted by molar-refractivity contribution is 6.08. The molecule has 0 aliphatic carbocycles. The molecular weight excluding hydrogens is 242 g/mol. The molecule has 4 heteroatoms. The third-order valence-electron chi connectivity index (χ3n) is 3.52. The fraction of sp³-hybridized carbons (Fsp3) is 0.333. The van der Waals surface area contributed by atoms with Crippen molar-refractivity contribution in [2.75, 3.05) is 6.54 Å². The molecule has 1 unspecified atom stereocenters. The van der Waals surface area contributed by atoms with Gasteiger partial charge in [0.1, 0.15) is 0 Å². The summed E-state index contributed by atoms with van der Waals surface area (Å²) in [5, 5.41) is 8.87. The van der Waals surface area contributed by atoms with Crippen molar-refractivity contribution in [1.82, 2.24) is 4.90 Å². The first-order valence-corrected chi connectivity index (χ1v) is 6.36. The number of benzene rings is 1. The van der Waals surface area contributed by atoms with Crippen LogP contribution in [0, 0.1) is 5.92 Å². The maximum atomic E-state index is 12.3. The van der Waals surface area contributed by atoms with E-state index in [0.717, 1.165) is 12.0 Å². The quantitative estimate of drug-likeness (QED) is 0.884. The van der Waals surface area contributed by atoms with Crippen LogP contribution in [0.3, 0.4) is 0 Å². The SMILES string of the molecule is C=C1c2ccccc2C(=O)N1CC(CC)CC(=O)O. The van der Waals surface area contributed by atoms with E-state index in [9.17, 15) is 9.59 Å². The Kier molecular flexibility index (Phi) is 3.69. The van der Waals surface area contributed by atoms with Gasteiger partial charge in [0.05, 0.1) is 0 Å². The van der Waals surface area contributed by atoms with Crippen LogP contribution in [0.5, 0.6) is 0 Å². The van der Waals surface area contributed by atoms with Gasteiger partial charge in [-0.2, -0.15) is 0 Å². The molecule has 1 heterocycles. The Hall–Kier alpha value is -2.10. The lowest BCUT2D eigenvalue weighted by Crippen LogP contribution is -2.30. The first kappa shape index (κ1) is 13.3. The van der Waals surface area contributed by atoms with E-state index in [1.165, 1.54) is 0 Å². The molecule has 0 spiro atoms. The molecule has 1 amide bonds. The highest BCUT2D eigenvalue weighted by Gasteiger charge is 2.32. The summed E-state index contributed by atoms with van der Waals surface area (Å²) in [4.78, 5) is 24.7. The third-order valence-corrected chi connectivity index (χ3v) is 3.52. The zero-order valence-corrected chi connectivity index (χ0v) is 10.9. The van der Waals surface area contributed by atoms with E-state index < -0.39 is 5.97 Å². The number of rotatable bonds is 5. The minimum atomic E-state index is -0.832. The predicted molar refractivity (Wildman–Crippen MR) is 72.5 cm³/mol. The first-order valence-electron chi connectivity index (χ1n) is 6.36. The summed E-state index contributed by atoms with van der Waals surface area (Å²) in [7, 11) is 0. The number of carbonyl (C=O) groups is 2. The molecule has 0 fully saturated rings. The van der Waals surface area contributed by atoms with Crippen LogP contribution in [0.25, 0.3) is 5.70 Å². The molecule has 1 aliphatic rings. The summed E-state index contributed by atoms with van der Waals surface area (Å²) in [6.07, 6.45) is 0.795. The standard InChI is InChI=1S/C15H17NO3/c1-3-11(8-14(17)18)9-16-10(2)12-6-4-5-7-13(12)15(16)19/h4-7,11H,2-3,8-9H2,1H3,(H,17,18). The number of carboxylic acid groups (broad SMARTS) is 1. The number of fused-ring (bicyclic) bond motifs is 1. The van der Waals surface area contributed by atoms with E-state index in [1.807, 2.05) is 25.1 Å². The Morgan fingerprint density at radius 3 is 2.53 bits per heavy atom. The molecule has 1 N–H and O–H groups in total. The lowest BCUT2D eigenvalue weighted by atomic mass is 10.0. The minimum absolute atomic E-state index is 0.0486.